The summed E-state index contributed by atoms with van der Waals surface area (Å²) in [7, 11) is 0. The zero-order valence-electron chi connectivity index (χ0n) is 11.6. The zero-order chi connectivity index (χ0) is 15.5. The molecule has 7 heteroatoms. The summed E-state index contributed by atoms with van der Waals surface area (Å²) in [6, 6.07) is 8.51. The molecule has 1 unspecified atom stereocenters. The van der Waals surface area contributed by atoms with Crippen LogP contribution in [0.3, 0.4) is 0 Å². The Kier molecular flexibility index (Phi) is 7.34. The molecule has 1 aromatic carbocycles. The second-order valence-electron chi connectivity index (χ2n) is 4.36. The summed E-state index contributed by atoms with van der Waals surface area (Å²) in [5.41, 5.74) is 5.99. The molecule has 0 saturated carbocycles. The Balaban J connectivity index is 2.24. The number of alkyl carbamates (subject to hydrolysis) is 1. The Labute approximate surface area is 123 Å². The number of guanidine groups is 1. The summed E-state index contributed by atoms with van der Waals surface area (Å²) in [6.45, 7) is 0.596. The van der Waals surface area contributed by atoms with Gasteiger partial charge in [0.05, 0.1) is 6.04 Å². The van der Waals surface area contributed by atoms with Crippen molar-refractivity contribution in [1.82, 2.24) is 10.6 Å². The SMILES string of the molecule is N=C(N)NCCCC([C]=O)NC(=O)OCc1ccccc1. The summed E-state index contributed by atoms with van der Waals surface area (Å²) >= 11 is 0. The Bertz CT molecular complexity index is 465. The molecular weight excluding hydrogens is 272 g/mol. The highest BCUT2D eigenvalue weighted by atomic mass is 16.5. The van der Waals surface area contributed by atoms with Gasteiger partial charge in [0, 0.05) is 6.54 Å². The molecular formula is C14H19N4O3. The maximum atomic E-state index is 11.5. The van der Waals surface area contributed by atoms with Crippen molar-refractivity contribution in [3.63, 3.8) is 0 Å². The van der Waals surface area contributed by atoms with Gasteiger partial charge in [0.25, 0.3) is 0 Å². The fraction of sp³-hybridized carbons (Fsp3) is 0.357. The Morgan fingerprint density at radius 2 is 2.10 bits per heavy atom. The highest BCUT2D eigenvalue weighted by Crippen LogP contribution is 2.01. The number of benzene rings is 1. The molecule has 0 aliphatic heterocycles. The molecule has 7 nitrogen and oxygen atoms in total. The molecule has 0 heterocycles. The number of rotatable bonds is 8. The average molecular weight is 291 g/mol. The number of carbonyl (C=O) groups is 1. The first-order chi connectivity index (χ1) is 10.1. The smallest absolute Gasteiger partial charge is 0.408 e. The van der Waals surface area contributed by atoms with E-state index < -0.39 is 12.1 Å². The third kappa shape index (κ3) is 7.56. The van der Waals surface area contributed by atoms with Crippen LogP contribution in [0.4, 0.5) is 4.79 Å². The molecule has 5 N–H and O–H groups in total. The van der Waals surface area contributed by atoms with Crippen molar-refractivity contribution in [3.05, 3.63) is 35.9 Å². The molecule has 0 bridgehead atoms. The molecule has 0 fully saturated rings. The first-order valence-electron chi connectivity index (χ1n) is 6.54. The van der Waals surface area contributed by atoms with E-state index in [-0.39, 0.29) is 12.6 Å². The van der Waals surface area contributed by atoms with Crippen LogP contribution in [0.1, 0.15) is 18.4 Å². The van der Waals surface area contributed by atoms with E-state index in [1.54, 1.807) is 6.29 Å². The number of nitrogens with two attached hydrogens (primary N) is 1. The molecule has 0 saturated heterocycles. The fourth-order valence-corrected chi connectivity index (χ4v) is 1.60. The van der Waals surface area contributed by atoms with Gasteiger partial charge in [0.2, 0.25) is 6.29 Å². The molecule has 1 radical (unpaired) electrons. The first-order valence-corrected chi connectivity index (χ1v) is 6.54. The van der Waals surface area contributed by atoms with E-state index in [1.807, 2.05) is 30.3 Å². The topological polar surface area (TPSA) is 117 Å². The van der Waals surface area contributed by atoms with E-state index in [2.05, 4.69) is 10.6 Å². The molecule has 0 aliphatic carbocycles. The van der Waals surface area contributed by atoms with Crippen LogP contribution in [0.5, 0.6) is 0 Å². The van der Waals surface area contributed by atoms with Crippen LogP contribution in [0.15, 0.2) is 30.3 Å². The van der Waals surface area contributed by atoms with Crippen molar-refractivity contribution >= 4 is 18.3 Å². The number of hydrogen-bond donors (Lipinski definition) is 4. The van der Waals surface area contributed by atoms with E-state index in [4.69, 9.17) is 15.9 Å². The van der Waals surface area contributed by atoms with Crippen LogP contribution in [0.25, 0.3) is 0 Å². The third-order valence-electron chi connectivity index (χ3n) is 2.63. The Morgan fingerprint density at radius 3 is 2.71 bits per heavy atom. The van der Waals surface area contributed by atoms with Crippen molar-refractivity contribution in [1.29, 1.82) is 5.41 Å². The largest absolute Gasteiger partial charge is 0.445 e. The second-order valence-corrected chi connectivity index (χ2v) is 4.36. The summed E-state index contributed by atoms with van der Waals surface area (Å²) in [6.07, 6.45) is 2.05. The molecule has 21 heavy (non-hydrogen) atoms. The van der Waals surface area contributed by atoms with Crippen LogP contribution in [-0.2, 0) is 16.1 Å². The maximum Gasteiger partial charge on any atom is 0.408 e. The van der Waals surface area contributed by atoms with Gasteiger partial charge in [0.1, 0.15) is 6.61 Å². The van der Waals surface area contributed by atoms with Crippen LogP contribution in [0.2, 0.25) is 0 Å². The third-order valence-corrected chi connectivity index (χ3v) is 2.63. The molecule has 113 valence electrons. The lowest BCUT2D eigenvalue weighted by Gasteiger charge is -2.12. The van der Waals surface area contributed by atoms with Gasteiger partial charge in [-0.25, -0.2) is 4.79 Å². The Hall–Kier alpha value is -2.57. The van der Waals surface area contributed by atoms with Crippen molar-refractivity contribution in [2.24, 2.45) is 5.73 Å². The molecule has 1 atom stereocenters. The predicted octanol–water partition coefficient (Wildman–Crippen LogP) is 0.654. The Morgan fingerprint density at radius 1 is 1.38 bits per heavy atom. The van der Waals surface area contributed by atoms with E-state index in [1.165, 1.54) is 0 Å². The highest BCUT2D eigenvalue weighted by Gasteiger charge is 2.12. The highest BCUT2D eigenvalue weighted by molar-refractivity contribution is 5.74. The number of ether oxygens (including phenoxy) is 1. The van der Waals surface area contributed by atoms with Gasteiger partial charge in [-0.3, -0.25) is 10.2 Å². The quantitative estimate of drug-likeness (QED) is 0.319. The minimum Gasteiger partial charge on any atom is -0.445 e. The molecule has 1 amide bonds. The molecule has 1 rings (SSSR count). The lowest BCUT2D eigenvalue weighted by molar-refractivity contribution is 0.137. The van der Waals surface area contributed by atoms with Crippen molar-refractivity contribution in [3.8, 4) is 0 Å². The van der Waals surface area contributed by atoms with E-state index >= 15 is 0 Å². The molecule has 0 aliphatic rings. The van der Waals surface area contributed by atoms with Crippen molar-refractivity contribution in [2.45, 2.75) is 25.5 Å². The van der Waals surface area contributed by atoms with Gasteiger partial charge < -0.3 is 21.1 Å². The van der Waals surface area contributed by atoms with Gasteiger partial charge >= 0.3 is 6.09 Å². The maximum absolute atomic E-state index is 11.5. The van der Waals surface area contributed by atoms with Crippen molar-refractivity contribution < 1.29 is 14.3 Å². The van der Waals surface area contributed by atoms with Crippen LogP contribution in [-0.4, -0.2) is 30.9 Å². The van der Waals surface area contributed by atoms with E-state index in [0.717, 1.165) is 5.56 Å². The lowest BCUT2D eigenvalue weighted by atomic mass is 10.2. The lowest BCUT2D eigenvalue weighted by Crippen LogP contribution is -2.37. The summed E-state index contributed by atoms with van der Waals surface area (Å²) < 4.78 is 5.01. The first kappa shape index (κ1) is 16.5. The summed E-state index contributed by atoms with van der Waals surface area (Å²) in [5.74, 6) is -0.128. The van der Waals surface area contributed by atoms with Crippen LogP contribution in [0, 0.1) is 5.41 Å². The molecule has 0 spiro atoms. The predicted molar refractivity (Wildman–Crippen MR) is 78.4 cm³/mol. The summed E-state index contributed by atoms with van der Waals surface area (Å²) in [4.78, 5) is 22.3. The fourth-order valence-electron chi connectivity index (χ4n) is 1.60. The average Bonchev–Trinajstić information content (AvgIpc) is 2.49. The van der Waals surface area contributed by atoms with Gasteiger partial charge in [0.15, 0.2) is 5.96 Å². The standard InChI is InChI=1S/C14H19N4O3/c15-13(16)17-8-4-7-12(9-19)18-14(20)21-10-11-5-2-1-3-6-11/h1-3,5-6,12H,4,7-8,10H2,(H,18,20)(H4,15,16,17). The van der Waals surface area contributed by atoms with Crippen molar-refractivity contribution in [2.75, 3.05) is 6.54 Å². The van der Waals surface area contributed by atoms with E-state index in [0.29, 0.717) is 19.4 Å². The van der Waals surface area contributed by atoms with E-state index in [9.17, 15) is 9.59 Å². The number of carbonyl (C=O) groups excluding carboxylic acids is 2. The summed E-state index contributed by atoms with van der Waals surface area (Å²) in [5, 5.41) is 12.0. The van der Waals surface area contributed by atoms with Crippen LogP contribution < -0.4 is 16.4 Å². The van der Waals surface area contributed by atoms with Gasteiger partial charge in [-0.1, -0.05) is 30.3 Å². The van der Waals surface area contributed by atoms with Gasteiger partial charge in [-0.15, -0.1) is 0 Å². The molecule has 0 aromatic heterocycles. The number of nitrogens with one attached hydrogen (secondary N) is 3. The molecule has 1 aromatic rings. The number of amides is 1. The number of hydrogen-bond acceptors (Lipinski definition) is 4. The van der Waals surface area contributed by atoms with Gasteiger partial charge in [-0.05, 0) is 18.4 Å². The van der Waals surface area contributed by atoms with Crippen LogP contribution >= 0.6 is 0 Å². The zero-order valence-corrected chi connectivity index (χ0v) is 11.6. The second kappa shape index (κ2) is 9.35. The normalized spacial score (nSPS) is 11.2. The van der Waals surface area contributed by atoms with Gasteiger partial charge in [-0.2, -0.15) is 0 Å². The monoisotopic (exact) mass is 291 g/mol. The minimum atomic E-state index is -0.734. The minimum absolute atomic E-state index is 0.128.